The summed E-state index contributed by atoms with van der Waals surface area (Å²) in [4.78, 5) is 14.4. The van der Waals surface area contributed by atoms with Crippen molar-refractivity contribution < 1.29 is 4.92 Å². The molecular weight excluding hydrogens is 242 g/mol. The first kappa shape index (κ1) is 12.8. The van der Waals surface area contributed by atoms with E-state index in [4.69, 9.17) is 0 Å². The normalized spacial score (nSPS) is 11.6. The van der Waals surface area contributed by atoms with E-state index < -0.39 is 4.92 Å². The van der Waals surface area contributed by atoms with Crippen molar-refractivity contribution in [1.82, 2.24) is 4.98 Å². The van der Waals surface area contributed by atoms with E-state index in [2.05, 4.69) is 16.9 Å². The lowest BCUT2D eigenvalue weighted by Gasteiger charge is -2.15. The number of hydrogen-bond acceptors (Lipinski definition) is 4. The van der Waals surface area contributed by atoms with Crippen LogP contribution in [0.25, 0.3) is 0 Å². The van der Waals surface area contributed by atoms with Gasteiger partial charge in [-0.3, -0.25) is 10.1 Å². The molecule has 0 fully saturated rings. The highest BCUT2D eigenvalue weighted by Crippen LogP contribution is 2.21. The Kier molecular flexibility index (Phi) is 3.87. The van der Waals surface area contributed by atoms with Crippen LogP contribution in [0.1, 0.15) is 11.6 Å². The number of nitrogens with one attached hydrogen (secondary N) is 1. The van der Waals surface area contributed by atoms with Crippen LogP contribution in [-0.4, -0.2) is 9.91 Å². The third-order valence-electron chi connectivity index (χ3n) is 2.67. The summed E-state index contributed by atoms with van der Waals surface area (Å²) in [5.74, 6) is 0.728. The number of nitrogens with zero attached hydrogens (tertiary/aromatic N) is 2. The van der Waals surface area contributed by atoms with Crippen LogP contribution < -0.4 is 5.32 Å². The van der Waals surface area contributed by atoms with Crippen LogP contribution >= 0.6 is 0 Å². The second-order valence-corrected chi connectivity index (χ2v) is 3.92. The first-order valence-corrected chi connectivity index (χ1v) is 5.75. The molecule has 0 aliphatic carbocycles. The summed E-state index contributed by atoms with van der Waals surface area (Å²) in [6.07, 6.45) is 3.42. The summed E-state index contributed by atoms with van der Waals surface area (Å²) in [5.41, 5.74) is 0.968. The van der Waals surface area contributed by atoms with E-state index in [1.165, 1.54) is 12.1 Å². The molecule has 0 radical (unpaired) electrons. The smallest absolute Gasteiger partial charge is 0.269 e. The van der Waals surface area contributed by atoms with Gasteiger partial charge in [-0.2, -0.15) is 0 Å². The lowest BCUT2D eigenvalue weighted by molar-refractivity contribution is -0.384. The molecule has 0 spiro atoms. The Bertz CT molecular complexity index is 567. The van der Waals surface area contributed by atoms with Crippen LogP contribution in [0.4, 0.5) is 11.5 Å². The molecule has 1 atom stereocenters. The first-order chi connectivity index (χ1) is 9.20. The van der Waals surface area contributed by atoms with Crippen molar-refractivity contribution in [2.75, 3.05) is 5.32 Å². The summed E-state index contributed by atoms with van der Waals surface area (Å²) in [6.45, 7) is 3.77. The summed E-state index contributed by atoms with van der Waals surface area (Å²) in [5, 5.41) is 13.8. The molecule has 0 saturated carbocycles. The van der Waals surface area contributed by atoms with Crippen LogP contribution in [0, 0.1) is 10.1 Å². The maximum atomic E-state index is 10.6. The van der Waals surface area contributed by atoms with Gasteiger partial charge >= 0.3 is 0 Å². The van der Waals surface area contributed by atoms with E-state index >= 15 is 0 Å². The Morgan fingerprint density at radius 3 is 2.53 bits per heavy atom. The number of nitro groups is 1. The van der Waals surface area contributed by atoms with Crippen molar-refractivity contribution in [1.29, 1.82) is 0 Å². The van der Waals surface area contributed by atoms with E-state index in [0.717, 1.165) is 11.4 Å². The molecule has 96 valence electrons. The van der Waals surface area contributed by atoms with Gasteiger partial charge in [0.1, 0.15) is 5.82 Å². The van der Waals surface area contributed by atoms with E-state index in [1.807, 2.05) is 18.2 Å². The average molecular weight is 255 g/mol. The van der Waals surface area contributed by atoms with Gasteiger partial charge in [-0.15, -0.1) is 6.58 Å². The summed E-state index contributed by atoms with van der Waals surface area (Å²) in [6, 6.07) is 11.8. The predicted octanol–water partition coefficient (Wildman–Crippen LogP) is 3.33. The Labute approximate surface area is 110 Å². The van der Waals surface area contributed by atoms with Gasteiger partial charge in [-0.25, -0.2) is 4.98 Å². The molecule has 0 aliphatic rings. The van der Waals surface area contributed by atoms with Gasteiger partial charge in [0.15, 0.2) is 0 Å². The largest absolute Gasteiger partial charge is 0.360 e. The minimum Gasteiger partial charge on any atom is -0.360 e. The van der Waals surface area contributed by atoms with Crippen molar-refractivity contribution in [3.63, 3.8) is 0 Å². The quantitative estimate of drug-likeness (QED) is 0.505. The highest BCUT2D eigenvalue weighted by Gasteiger charge is 2.10. The van der Waals surface area contributed by atoms with Gasteiger partial charge in [-0.05, 0) is 29.8 Å². The molecule has 1 unspecified atom stereocenters. The molecule has 0 amide bonds. The van der Waals surface area contributed by atoms with Crippen LogP contribution in [0.5, 0.6) is 0 Å². The van der Waals surface area contributed by atoms with E-state index in [-0.39, 0.29) is 11.7 Å². The maximum absolute atomic E-state index is 10.6. The Balaban J connectivity index is 2.18. The second-order valence-electron chi connectivity index (χ2n) is 3.92. The standard InChI is InChI=1S/C14H13N3O2/c1-2-13(16-14-5-3-4-10-15-14)11-6-8-12(9-7-11)17(18)19/h2-10,13H,1H2,(H,15,16). The number of pyridine rings is 1. The number of hydrogen-bond donors (Lipinski definition) is 1. The average Bonchev–Trinajstić information content (AvgIpc) is 2.46. The Hall–Kier alpha value is -2.69. The number of anilines is 1. The van der Waals surface area contributed by atoms with Gasteiger partial charge in [0.05, 0.1) is 11.0 Å². The van der Waals surface area contributed by atoms with Gasteiger partial charge in [0.25, 0.3) is 5.69 Å². The van der Waals surface area contributed by atoms with E-state index in [1.54, 1.807) is 24.4 Å². The van der Waals surface area contributed by atoms with Crippen molar-refractivity contribution in [2.45, 2.75) is 6.04 Å². The summed E-state index contributed by atoms with van der Waals surface area (Å²) < 4.78 is 0. The fraction of sp³-hybridized carbons (Fsp3) is 0.0714. The number of non-ortho nitro benzene ring substituents is 1. The Morgan fingerprint density at radius 1 is 1.26 bits per heavy atom. The van der Waals surface area contributed by atoms with Crippen LogP contribution in [0.15, 0.2) is 61.3 Å². The molecule has 2 aromatic rings. The van der Waals surface area contributed by atoms with Crippen molar-refractivity contribution in [3.05, 3.63) is 77.0 Å². The van der Waals surface area contributed by atoms with Crippen molar-refractivity contribution in [3.8, 4) is 0 Å². The molecule has 5 nitrogen and oxygen atoms in total. The maximum Gasteiger partial charge on any atom is 0.269 e. The highest BCUT2D eigenvalue weighted by atomic mass is 16.6. The van der Waals surface area contributed by atoms with Crippen LogP contribution in [0.2, 0.25) is 0 Å². The lowest BCUT2D eigenvalue weighted by atomic mass is 10.1. The zero-order chi connectivity index (χ0) is 13.7. The molecule has 1 aromatic carbocycles. The molecule has 1 heterocycles. The van der Waals surface area contributed by atoms with Crippen molar-refractivity contribution >= 4 is 11.5 Å². The topological polar surface area (TPSA) is 68.1 Å². The Morgan fingerprint density at radius 2 is 2.00 bits per heavy atom. The molecule has 0 saturated heterocycles. The fourth-order valence-corrected chi connectivity index (χ4v) is 1.69. The molecule has 0 bridgehead atoms. The predicted molar refractivity (Wildman–Crippen MR) is 73.9 cm³/mol. The number of benzene rings is 1. The van der Waals surface area contributed by atoms with E-state index in [9.17, 15) is 10.1 Å². The molecule has 2 rings (SSSR count). The fourth-order valence-electron chi connectivity index (χ4n) is 1.69. The third kappa shape index (κ3) is 3.16. The summed E-state index contributed by atoms with van der Waals surface area (Å²) >= 11 is 0. The second kappa shape index (κ2) is 5.77. The molecular formula is C14H13N3O2. The monoisotopic (exact) mass is 255 g/mol. The SMILES string of the molecule is C=CC(Nc1ccccn1)c1ccc([N+](=O)[O-])cc1. The molecule has 19 heavy (non-hydrogen) atoms. The zero-order valence-corrected chi connectivity index (χ0v) is 10.2. The molecule has 0 aliphatic heterocycles. The van der Waals surface area contributed by atoms with E-state index in [0.29, 0.717) is 0 Å². The van der Waals surface area contributed by atoms with Crippen molar-refractivity contribution in [2.24, 2.45) is 0 Å². The van der Waals surface area contributed by atoms with Crippen LogP contribution in [0.3, 0.4) is 0 Å². The third-order valence-corrected chi connectivity index (χ3v) is 2.67. The lowest BCUT2D eigenvalue weighted by Crippen LogP contribution is -2.08. The van der Waals surface area contributed by atoms with Gasteiger partial charge in [0, 0.05) is 18.3 Å². The zero-order valence-electron chi connectivity index (χ0n) is 10.2. The summed E-state index contributed by atoms with van der Waals surface area (Å²) in [7, 11) is 0. The van der Waals surface area contributed by atoms with Gasteiger partial charge < -0.3 is 5.32 Å². The molecule has 1 N–H and O–H groups in total. The number of nitro benzene ring substituents is 1. The number of aromatic nitrogens is 1. The van der Waals surface area contributed by atoms with Crippen LogP contribution in [-0.2, 0) is 0 Å². The number of rotatable bonds is 5. The minimum atomic E-state index is -0.418. The molecule has 1 aromatic heterocycles. The highest BCUT2D eigenvalue weighted by molar-refractivity contribution is 5.42. The first-order valence-electron chi connectivity index (χ1n) is 5.75. The van der Waals surface area contributed by atoms with Gasteiger partial charge in [0.2, 0.25) is 0 Å². The van der Waals surface area contributed by atoms with Gasteiger partial charge in [-0.1, -0.05) is 12.1 Å². The molecule has 5 heteroatoms. The minimum absolute atomic E-state index is 0.0735.